The summed E-state index contributed by atoms with van der Waals surface area (Å²) < 4.78 is 14.0. The van der Waals surface area contributed by atoms with Crippen LogP contribution in [-0.2, 0) is 0 Å². The molecule has 24 heavy (non-hydrogen) atoms. The van der Waals surface area contributed by atoms with Gasteiger partial charge in [-0.15, -0.1) is 0 Å². The molecule has 0 aliphatic heterocycles. The quantitative estimate of drug-likeness (QED) is 0.738. The van der Waals surface area contributed by atoms with Crippen LogP contribution >= 0.6 is 0 Å². The van der Waals surface area contributed by atoms with Crippen molar-refractivity contribution in [1.82, 2.24) is 24.9 Å². The second-order valence-electron chi connectivity index (χ2n) is 5.22. The average molecular weight is 332 g/mol. The molecule has 1 aliphatic rings. The lowest BCUT2D eigenvalue weighted by Crippen LogP contribution is -2.42. The highest BCUT2D eigenvalue weighted by atomic mass is 19.1. The zero-order valence-electron chi connectivity index (χ0n) is 12.5. The zero-order chi connectivity index (χ0) is 17.1. The van der Waals surface area contributed by atoms with Crippen LogP contribution in [0.4, 0.5) is 9.18 Å². The predicted molar refractivity (Wildman–Crippen MR) is 77.5 cm³/mol. The molecule has 0 N–H and O–H groups in total. The highest BCUT2D eigenvalue weighted by Gasteiger charge is 2.34. The number of carbonyl (C=O) groups is 1. The van der Waals surface area contributed by atoms with Crippen LogP contribution in [0.1, 0.15) is 19.3 Å². The monoisotopic (exact) mass is 332 g/mol. The maximum Gasteiger partial charge on any atom is 0.436 e. The second kappa shape index (κ2) is 6.49. The van der Waals surface area contributed by atoms with Crippen molar-refractivity contribution in [2.75, 3.05) is 6.54 Å². The summed E-state index contributed by atoms with van der Waals surface area (Å²) in [5.41, 5.74) is -0.684. The van der Waals surface area contributed by atoms with Crippen LogP contribution in [0.5, 0.6) is 0 Å². The van der Waals surface area contributed by atoms with E-state index in [0.29, 0.717) is 4.85 Å². The normalized spacial score (nSPS) is 13.3. The van der Waals surface area contributed by atoms with Gasteiger partial charge < -0.3 is 4.90 Å². The number of benzene rings is 1. The Morgan fingerprint density at radius 1 is 1.46 bits per heavy atom. The molecular formula is C14H13FN6O3. The molecule has 124 valence electrons. The number of halogens is 1. The van der Waals surface area contributed by atoms with Crippen LogP contribution < -0.4 is 10.5 Å². The molecule has 1 saturated carbocycles. The van der Waals surface area contributed by atoms with Gasteiger partial charge in [-0.3, -0.25) is 4.84 Å². The lowest BCUT2D eigenvalue weighted by atomic mass is 10.3. The van der Waals surface area contributed by atoms with E-state index in [-0.39, 0.29) is 24.7 Å². The van der Waals surface area contributed by atoms with Gasteiger partial charge in [0.1, 0.15) is 5.82 Å². The molecule has 1 amide bonds. The van der Waals surface area contributed by atoms with Gasteiger partial charge in [0.15, 0.2) is 0 Å². The maximum absolute atomic E-state index is 13.2. The second-order valence-corrected chi connectivity index (χ2v) is 5.22. The Kier molecular flexibility index (Phi) is 4.24. The van der Waals surface area contributed by atoms with E-state index >= 15 is 0 Å². The van der Waals surface area contributed by atoms with Gasteiger partial charge in [-0.1, -0.05) is 6.07 Å². The minimum atomic E-state index is -0.843. The number of carbonyl (C=O) groups excluding carboxylic acids is 1. The molecule has 10 heteroatoms. The number of amides is 1. The topological polar surface area (TPSA) is 106 Å². The van der Waals surface area contributed by atoms with E-state index in [1.54, 1.807) is 0 Å². The Balaban J connectivity index is 1.77. The SMILES string of the molecule is N#CCCN(C(=O)On1nnn(-c2cccc(F)c2)c1=O)C1CC1. The molecule has 1 fully saturated rings. The summed E-state index contributed by atoms with van der Waals surface area (Å²) in [6.45, 7) is 0.215. The van der Waals surface area contributed by atoms with E-state index in [1.165, 1.54) is 23.1 Å². The lowest BCUT2D eigenvalue weighted by molar-refractivity contribution is 0.0708. The average Bonchev–Trinajstić information content (AvgIpc) is 3.33. The van der Waals surface area contributed by atoms with Crippen molar-refractivity contribution >= 4 is 6.09 Å². The van der Waals surface area contributed by atoms with E-state index < -0.39 is 17.6 Å². The van der Waals surface area contributed by atoms with Gasteiger partial charge in [0.2, 0.25) is 0 Å². The molecule has 2 aromatic rings. The van der Waals surface area contributed by atoms with Crippen LogP contribution in [-0.4, -0.2) is 43.5 Å². The fourth-order valence-electron chi connectivity index (χ4n) is 2.17. The molecule has 0 unspecified atom stereocenters. The first-order valence-electron chi connectivity index (χ1n) is 7.27. The molecule has 9 nitrogen and oxygen atoms in total. The third kappa shape index (κ3) is 3.24. The molecule has 0 radical (unpaired) electrons. The first kappa shape index (κ1) is 15.7. The number of aromatic nitrogens is 4. The van der Waals surface area contributed by atoms with Crippen molar-refractivity contribution in [3.05, 3.63) is 40.6 Å². The number of nitrogens with zero attached hydrogens (tertiary/aromatic N) is 6. The molecule has 0 spiro atoms. The van der Waals surface area contributed by atoms with Gasteiger partial charge in [0, 0.05) is 12.6 Å². The van der Waals surface area contributed by atoms with Crippen molar-refractivity contribution in [3.63, 3.8) is 0 Å². The largest absolute Gasteiger partial charge is 0.436 e. The van der Waals surface area contributed by atoms with E-state index in [0.717, 1.165) is 23.6 Å². The van der Waals surface area contributed by atoms with Crippen LogP contribution in [0.2, 0.25) is 0 Å². The van der Waals surface area contributed by atoms with Gasteiger partial charge in [-0.2, -0.15) is 9.94 Å². The first-order valence-corrected chi connectivity index (χ1v) is 7.27. The predicted octanol–water partition coefficient (Wildman–Crippen LogP) is 0.495. The minimum Gasteiger partial charge on any atom is -0.302 e. The summed E-state index contributed by atoms with van der Waals surface area (Å²) in [4.78, 5) is 31.1. The molecule has 1 heterocycles. The summed E-state index contributed by atoms with van der Waals surface area (Å²) in [5.74, 6) is -0.539. The van der Waals surface area contributed by atoms with Crippen LogP contribution in [0.25, 0.3) is 5.69 Å². The molecule has 1 aromatic heterocycles. The molecular weight excluding hydrogens is 319 g/mol. The maximum atomic E-state index is 13.2. The number of rotatable bonds is 5. The van der Waals surface area contributed by atoms with E-state index in [4.69, 9.17) is 10.1 Å². The first-order chi connectivity index (χ1) is 11.6. The summed E-state index contributed by atoms with van der Waals surface area (Å²) in [5, 5.41) is 15.7. The fraction of sp³-hybridized carbons (Fsp3) is 0.357. The van der Waals surface area contributed by atoms with Crippen molar-refractivity contribution in [2.45, 2.75) is 25.3 Å². The Bertz CT molecular complexity index is 851. The van der Waals surface area contributed by atoms with Crippen molar-refractivity contribution < 1.29 is 14.0 Å². The van der Waals surface area contributed by atoms with Gasteiger partial charge >= 0.3 is 11.8 Å². The Labute approximate surface area is 135 Å². The summed E-state index contributed by atoms with van der Waals surface area (Å²) in [7, 11) is 0. The Morgan fingerprint density at radius 3 is 2.92 bits per heavy atom. The zero-order valence-corrected chi connectivity index (χ0v) is 12.5. The van der Waals surface area contributed by atoms with E-state index in [2.05, 4.69) is 10.4 Å². The highest BCUT2D eigenvalue weighted by molar-refractivity contribution is 5.68. The van der Waals surface area contributed by atoms with Gasteiger partial charge in [-0.05, 0) is 46.3 Å². The minimum absolute atomic E-state index is 0.0137. The Hall–Kier alpha value is -3.22. The third-order valence-corrected chi connectivity index (χ3v) is 3.46. The molecule has 3 rings (SSSR count). The summed E-state index contributed by atoms with van der Waals surface area (Å²) >= 11 is 0. The molecule has 0 bridgehead atoms. The molecule has 0 saturated heterocycles. The number of nitriles is 1. The highest BCUT2D eigenvalue weighted by Crippen LogP contribution is 2.27. The van der Waals surface area contributed by atoms with Gasteiger partial charge in [0.25, 0.3) is 0 Å². The fourth-order valence-corrected chi connectivity index (χ4v) is 2.17. The van der Waals surface area contributed by atoms with Crippen molar-refractivity contribution in [1.29, 1.82) is 5.26 Å². The number of hydrogen-bond donors (Lipinski definition) is 0. The standard InChI is InChI=1S/C14H13FN6O3/c15-10-3-1-4-12(9-10)20-13(22)21(18-17-20)24-14(23)19(8-2-7-16)11-5-6-11/h1,3-4,9,11H,2,5-6,8H2. The smallest absolute Gasteiger partial charge is 0.302 e. The molecule has 1 aromatic carbocycles. The van der Waals surface area contributed by atoms with Gasteiger partial charge in [0.05, 0.1) is 18.2 Å². The third-order valence-electron chi connectivity index (χ3n) is 3.46. The summed E-state index contributed by atoms with van der Waals surface area (Å²) in [6.07, 6.45) is 1.04. The van der Waals surface area contributed by atoms with Crippen LogP contribution in [0, 0.1) is 17.1 Å². The van der Waals surface area contributed by atoms with Crippen molar-refractivity contribution in [3.8, 4) is 11.8 Å². The number of tetrazole rings is 1. The van der Waals surface area contributed by atoms with Crippen molar-refractivity contribution in [2.24, 2.45) is 0 Å². The van der Waals surface area contributed by atoms with E-state index in [1.807, 2.05) is 6.07 Å². The number of hydrogen-bond acceptors (Lipinski definition) is 6. The van der Waals surface area contributed by atoms with Crippen LogP contribution in [0.3, 0.4) is 0 Å². The molecule has 1 aliphatic carbocycles. The lowest BCUT2D eigenvalue weighted by Gasteiger charge is -2.18. The van der Waals surface area contributed by atoms with Crippen LogP contribution in [0.15, 0.2) is 29.1 Å². The van der Waals surface area contributed by atoms with E-state index in [9.17, 15) is 14.0 Å². The summed E-state index contributed by atoms with van der Waals surface area (Å²) in [6, 6.07) is 7.18. The molecule has 0 atom stereocenters. The van der Waals surface area contributed by atoms with Gasteiger partial charge in [-0.25, -0.2) is 14.0 Å². The Morgan fingerprint density at radius 2 is 2.25 bits per heavy atom.